The number of phenolic OH excluding ortho intramolecular Hbond substituents is 1. The summed E-state index contributed by atoms with van der Waals surface area (Å²) in [5, 5.41) is 23.8. The summed E-state index contributed by atoms with van der Waals surface area (Å²) in [6.45, 7) is 5.49. The van der Waals surface area contributed by atoms with E-state index in [1.807, 2.05) is 12.1 Å². The van der Waals surface area contributed by atoms with Gasteiger partial charge in [-0.15, -0.1) is 0 Å². The van der Waals surface area contributed by atoms with E-state index in [0.717, 1.165) is 56.6 Å². The SMILES string of the molecule is COc1cc([C@@H]2c3cc4c(cc3[C@@H](NC(=O)CNCCCNCCCNCCCN)[C@H]3COC(=O)[C@H]23)OCO4)cc(OC)c1O. The van der Waals surface area contributed by atoms with Gasteiger partial charge in [-0.2, -0.15) is 0 Å². The lowest BCUT2D eigenvalue weighted by atomic mass is 9.65. The van der Waals surface area contributed by atoms with Gasteiger partial charge in [-0.1, -0.05) is 0 Å². The summed E-state index contributed by atoms with van der Waals surface area (Å²) in [5.74, 6) is -0.480. The minimum atomic E-state index is -0.600. The van der Waals surface area contributed by atoms with Crippen LogP contribution >= 0.6 is 0 Å². The van der Waals surface area contributed by atoms with Crippen molar-refractivity contribution in [2.24, 2.45) is 17.6 Å². The van der Waals surface area contributed by atoms with E-state index in [0.29, 0.717) is 30.2 Å². The van der Waals surface area contributed by atoms with Crippen molar-refractivity contribution in [1.29, 1.82) is 0 Å². The van der Waals surface area contributed by atoms with Crippen molar-refractivity contribution in [3.63, 3.8) is 0 Å². The predicted molar refractivity (Wildman–Crippen MR) is 166 cm³/mol. The highest BCUT2D eigenvalue weighted by Gasteiger charge is 2.53. The van der Waals surface area contributed by atoms with Crippen LogP contribution in [0.5, 0.6) is 28.7 Å². The molecule has 2 aromatic carbocycles. The first kappa shape index (κ1) is 32.6. The lowest BCUT2D eigenvalue weighted by Crippen LogP contribution is -2.45. The minimum absolute atomic E-state index is 0.0835. The number of cyclic esters (lactones) is 1. The number of carbonyl (C=O) groups is 2. The smallest absolute Gasteiger partial charge is 0.310 e. The van der Waals surface area contributed by atoms with Gasteiger partial charge in [0.2, 0.25) is 18.4 Å². The Morgan fingerprint density at radius 1 is 0.889 bits per heavy atom. The number of carbonyl (C=O) groups excluding carboxylic acids is 2. The molecule has 7 N–H and O–H groups in total. The van der Waals surface area contributed by atoms with E-state index >= 15 is 0 Å². The number of fused-ring (bicyclic) bond motifs is 3. The topological polar surface area (TPSA) is 175 Å². The summed E-state index contributed by atoms with van der Waals surface area (Å²) in [7, 11) is 2.91. The first-order valence-electron chi connectivity index (χ1n) is 15.6. The minimum Gasteiger partial charge on any atom is -0.502 e. The summed E-state index contributed by atoms with van der Waals surface area (Å²) in [5.41, 5.74) is 7.83. The van der Waals surface area contributed by atoms with E-state index in [-0.39, 0.29) is 55.0 Å². The second-order valence-electron chi connectivity index (χ2n) is 11.5. The number of phenols is 1. The number of ether oxygens (including phenoxy) is 5. The fourth-order valence-electron chi connectivity index (χ4n) is 6.42. The molecule has 0 aromatic heterocycles. The molecule has 0 spiro atoms. The monoisotopic (exact) mass is 627 g/mol. The number of hydrogen-bond donors (Lipinski definition) is 6. The van der Waals surface area contributed by atoms with E-state index in [9.17, 15) is 14.7 Å². The maximum Gasteiger partial charge on any atom is 0.310 e. The number of methoxy groups -OCH3 is 2. The van der Waals surface area contributed by atoms with E-state index in [1.165, 1.54) is 14.2 Å². The zero-order valence-corrected chi connectivity index (χ0v) is 26.0. The van der Waals surface area contributed by atoms with E-state index in [4.69, 9.17) is 29.4 Å². The first-order chi connectivity index (χ1) is 22.0. The number of amides is 1. The number of aromatic hydroxyl groups is 1. The highest BCUT2D eigenvalue weighted by Crippen LogP contribution is 2.55. The van der Waals surface area contributed by atoms with Crippen molar-refractivity contribution in [3.8, 4) is 28.7 Å². The number of esters is 1. The van der Waals surface area contributed by atoms with Crippen LogP contribution in [0.1, 0.15) is 47.9 Å². The lowest BCUT2D eigenvalue weighted by molar-refractivity contribution is -0.141. The van der Waals surface area contributed by atoms with Gasteiger partial charge in [0.05, 0.1) is 39.3 Å². The van der Waals surface area contributed by atoms with Crippen LogP contribution in [0.2, 0.25) is 0 Å². The molecule has 1 fully saturated rings. The van der Waals surface area contributed by atoms with Gasteiger partial charge in [0.15, 0.2) is 23.0 Å². The molecule has 13 nitrogen and oxygen atoms in total. The molecular formula is C32H45N5O8. The Labute approximate surface area is 263 Å². The number of nitrogens with one attached hydrogen (secondary N) is 4. The Bertz CT molecular complexity index is 1320. The Balaban J connectivity index is 1.27. The fourth-order valence-corrected chi connectivity index (χ4v) is 6.42. The van der Waals surface area contributed by atoms with Crippen molar-refractivity contribution in [2.75, 3.05) is 73.4 Å². The van der Waals surface area contributed by atoms with Crippen LogP contribution in [0.15, 0.2) is 24.3 Å². The predicted octanol–water partition coefficient (Wildman–Crippen LogP) is 1.13. The van der Waals surface area contributed by atoms with Crippen molar-refractivity contribution in [1.82, 2.24) is 21.3 Å². The van der Waals surface area contributed by atoms with Gasteiger partial charge in [-0.3, -0.25) is 9.59 Å². The summed E-state index contributed by atoms with van der Waals surface area (Å²) >= 11 is 0. The van der Waals surface area contributed by atoms with Crippen LogP contribution in [0, 0.1) is 11.8 Å². The number of nitrogens with two attached hydrogens (primary N) is 1. The molecule has 2 heterocycles. The molecule has 0 unspecified atom stereocenters. The molecule has 0 bridgehead atoms. The average molecular weight is 628 g/mol. The van der Waals surface area contributed by atoms with Crippen molar-refractivity contribution < 1.29 is 38.4 Å². The summed E-state index contributed by atoms with van der Waals surface area (Å²) in [6.07, 6.45) is 2.93. The van der Waals surface area contributed by atoms with Crippen LogP contribution in [-0.2, 0) is 14.3 Å². The molecule has 1 saturated heterocycles. The van der Waals surface area contributed by atoms with Crippen LogP contribution in [0.3, 0.4) is 0 Å². The zero-order chi connectivity index (χ0) is 31.8. The van der Waals surface area contributed by atoms with Crippen LogP contribution in [0.4, 0.5) is 0 Å². The molecule has 13 heteroatoms. The molecule has 2 aromatic rings. The number of hydrogen-bond acceptors (Lipinski definition) is 12. The van der Waals surface area contributed by atoms with Crippen LogP contribution in [0.25, 0.3) is 0 Å². The van der Waals surface area contributed by atoms with Gasteiger partial charge in [-0.25, -0.2) is 0 Å². The molecule has 1 aliphatic carbocycles. The normalized spacial score (nSPS) is 21.2. The highest BCUT2D eigenvalue weighted by atomic mass is 16.7. The second-order valence-corrected chi connectivity index (χ2v) is 11.5. The second kappa shape index (κ2) is 15.5. The van der Waals surface area contributed by atoms with Crippen LogP contribution in [-0.4, -0.2) is 90.4 Å². The highest BCUT2D eigenvalue weighted by molar-refractivity contribution is 5.81. The molecule has 0 radical (unpaired) electrons. The third-order valence-corrected chi connectivity index (χ3v) is 8.62. The summed E-state index contributed by atoms with van der Waals surface area (Å²) in [4.78, 5) is 26.5. The van der Waals surface area contributed by atoms with Gasteiger partial charge >= 0.3 is 5.97 Å². The average Bonchev–Trinajstić information content (AvgIpc) is 3.67. The zero-order valence-electron chi connectivity index (χ0n) is 26.0. The Morgan fingerprint density at radius 2 is 1.49 bits per heavy atom. The van der Waals surface area contributed by atoms with Crippen molar-refractivity contribution in [3.05, 3.63) is 41.0 Å². The molecule has 1 amide bonds. The molecule has 0 saturated carbocycles. The van der Waals surface area contributed by atoms with Crippen LogP contribution < -0.4 is 45.9 Å². The summed E-state index contributed by atoms with van der Waals surface area (Å²) in [6, 6.07) is 6.68. The molecule has 5 rings (SSSR count). The van der Waals surface area contributed by atoms with E-state index in [2.05, 4.69) is 21.3 Å². The van der Waals surface area contributed by atoms with Gasteiger partial charge in [0.1, 0.15) is 0 Å². The molecule has 246 valence electrons. The standard InChI is InChI=1S/C32H45N5O8/c1-41-25-12-19(13-26(42-2)31(25)39)28-20-14-23-24(45-18-44-23)15-21(20)30(22-17-43-32(40)29(22)28)37-27(38)16-36-11-5-10-35-9-4-8-34-7-3-6-33/h12-15,22,28-30,34-36,39H,3-11,16-18,33H2,1-2H3,(H,37,38)/t22-,28+,29-,30+/m0/s1. The Hall–Kier alpha value is -3.78. The molecular weight excluding hydrogens is 582 g/mol. The largest absolute Gasteiger partial charge is 0.502 e. The third-order valence-electron chi connectivity index (χ3n) is 8.62. The molecule has 3 aliphatic rings. The van der Waals surface area contributed by atoms with Gasteiger partial charge in [0.25, 0.3) is 0 Å². The van der Waals surface area contributed by atoms with Gasteiger partial charge in [0, 0.05) is 11.8 Å². The first-order valence-corrected chi connectivity index (χ1v) is 15.6. The van der Waals surface area contributed by atoms with Crippen molar-refractivity contribution >= 4 is 11.9 Å². The van der Waals surface area contributed by atoms with Gasteiger partial charge < -0.3 is 55.8 Å². The van der Waals surface area contributed by atoms with E-state index in [1.54, 1.807) is 12.1 Å². The molecule has 45 heavy (non-hydrogen) atoms. The lowest BCUT2D eigenvalue weighted by Gasteiger charge is -2.39. The summed E-state index contributed by atoms with van der Waals surface area (Å²) < 4.78 is 27.9. The Morgan fingerprint density at radius 3 is 2.11 bits per heavy atom. The van der Waals surface area contributed by atoms with Crippen molar-refractivity contribution in [2.45, 2.75) is 31.2 Å². The number of benzene rings is 2. The quantitative estimate of drug-likeness (QED) is 0.109. The van der Waals surface area contributed by atoms with E-state index < -0.39 is 17.9 Å². The molecule has 4 atom stereocenters. The maximum absolute atomic E-state index is 13.3. The molecule has 2 aliphatic heterocycles. The third kappa shape index (κ3) is 7.38. The number of rotatable bonds is 17. The maximum atomic E-state index is 13.3. The van der Waals surface area contributed by atoms with Gasteiger partial charge in [-0.05, 0) is 99.5 Å². The Kier molecular flexibility index (Phi) is 11.2. The fraction of sp³-hybridized carbons (Fsp3) is 0.562.